The standard InChI is InChI=1S/C18H29N5O5S/c1-21(2)29(25,26)23-8-5-18(6-9-23)17-19-7-10-22(17)13-15(28-18)16(24)20-12-14-4-3-11-27-14/h7,10,14-15H,3-6,8-9,11-13H2,1-2H3,(H,20,24)/t14-,15-/m1/s1. The summed E-state index contributed by atoms with van der Waals surface area (Å²) in [5, 5.41) is 2.95. The molecule has 3 aliphatic heterocycles. The molecule has 0 aromatic carbocycles. The fraction of sp³-hybridized carbons (Fsp3) is 0.778. The Morgan fingerprint density at radius 1 is 1.38 bits per heavy atom. The molecule has 1 aromatic heterocycles. The highest BCUT2D eigenvalue weighted by Crippen LogP contribution is 2.40. The summed E-state index contributed by atoms with van der Waals surface area (Å²) in [4.78, 5) is 17.3. The predicted octanol–water partition coefficient (Wildman–Crippen LogP) is -0.325. The van der Waals surface area contributed by atoms with E-state index in [0.717, 1.165) is 25.3 Å². The number of amides is 1. The van der Waals surface area contributed by atoms with E-state index in [1.807, 2.05) is 10.8 Å². The van der Waals surface area contributed by atoms with Gasteiger partial charge in [-0.1, -0.05) is 0 Å². The van der Waals surface area contributed by atoms with Gasteiger partial charge >= 0.3 is 0 Å². The number of piperidine rings is 1. The third-order valence-corrected chi connectivity index (χ3v) is 7.93. The van der Waals surface area contributed by atoms with Crippen LogP contribution in [0.4, 0.5) is 0 Å². The molecule has 0 saturated carbocycles. The SMILES string of the molecule is CN(C)S(=O)(=O)N1CCC2(CC1)O[C@@H](C(=O)NC[C@H]1CCCO1)Cn1ccnc12. The van der Waals surface area contributed by atoms with Crippen LogP contribution in [-0.2, 0) is 36.6 Å². The quantitative estimate of drug-likeness (QED) is 0.690. The zero-order valence-corrected chi connectivity index (χ0v) is 17.7. The number of nitrogens with zero attached hydrogens (tertiary/aromatic N) is 4. The van der Waals surface area contributed by atoms with Crippen LogP contribution in [0.2, 0.25) is 0 Å². The van der Waals surface area contributed by atoms with Gasteiger partial charge in [0.2, 0.25) is 0 Å². The molecule has 1 spiro atoms. The van der Waals surface area contributed by atoms with E-state index in [0.29, 0.717) is 39.0 Å². The zero-order chi connectivity index (χ0) is 20.6. The van der Waals surface area contributed by atoms with Gasteiger partial charge in [0.15, 0.2) is 6.10 Å². The number of hydrogen-bond donors (Lipinski definition) is 1. The monoisotopic (exact) mass is 427 g/mol. The molecule has 2 saturated heterocycles. The second-order valence-corrected chi connectivity index (χ2v) is 10.2. The van der Waals surface area contributed by atoms with E-state index in [4.69, 9.17) is 9.47 Å². The lowest BCUT2D eigenvalue weighted by atomic mass is 9.89. The first-order valence-electron chi connectivity index (χ1n) is 10.1. The van der Waals surface area contributed by atoms with Crippen LogP contribution >= 0.6 is 0 Å². The highest BCUT2D eigenvalue weighted by atomic mass is 32.2. The van der Waals surface area contributed by atoms with Crippen molar-refractivity contribution >= 4 is 16.1 Å². The summed E-state index contributed by atoms with van der Waals surface area (Å²) in [6, 6.07) is 0. The normalized spacial score (nSPS) is 27.3. The molecule has 2 atom stereocenters. The Balaban J connectivity index is 1.47. The minimum absolute atomic E-state index is 0.0692. The van der Waals surface area contributed by atoms with Gasteiger partial charge in [-0.05, 0) is 25.7 Å². The first-order chi connectivity index (χ1) is 13.8. The summed E-state index contributed by atoms with van der Waals surface area (Å²) in [5.41, 5.74) is -0.758. The van der Waals surface area contributed by atoms with Crippen LogP contribution in [0.1, 0.15) is 31.5 Å². The Labute approximate surface area is 171 Å². The number of carbonyl (C=O) groups is 1. The first kappa shape index (κ1) is 20.7. The van der Waals surface area contributed by atoms with Gasteiger partial charge < -0.3 is 19.4 Å². The molecule has 3 aliphatic rings. The number of nitrogens with one attached hydrogen (secondary N) is 1. The molecule has 162 valence electrons. The maximum absolute atomic E-state index is 12.8. The molecule has 4 rings (SSSR count). The number of hydrogen-bond acceptors (Lipinski definition) is 6. The maximum Gasteiger partial charge on any atom is 0.281 e. The second-order valence-electron chi connectivity index (χ2n) is 8.07. The Bertz CT molecular complexity index is 841. The number of fused-ring (bicyclic) bond motifs is 2. The molecule has 1 aromatic rings. The second kappa shape index (κ2) is 7.95. The van der Waals surface area contributed by atoms with Crippen LogP contribution in [0.5, 0.6) is 0 Å². The lowest BCUT2D eigenvalue weighted by molar-refractivity contribution is -0.171. The third kappa shape index (κ3) is 3.93. The largest absolute Gasteiger partial charge is 0.376 e. The van der Waals surface area contributed by atoms with Gasteiger partial charge in [-0.2, -0.15) is 17.0 Å². The molecule has 1 amide bonds. The summed E-state index contributed by atoms with van der Waals surface area (Å²) < 4.78 is 41.4. The highest BCUT2D eigenvalue weighted by Gasteiger charge is 2.48. The fourth-order valence-electron chi connectivity index (χ4n) is 4.32. The Morgan fingerprint density at radius 2 is 2.14 bits per heavy atom. The van der Waals surface area contributed by atoms with E-state index >= 15 is 0 Å². The van der Waals surface area contributed by atoms with Crippen molar-refractivity contribution in [3.8, 4) is 0 Å². The number of aromatic nitrogens is 2. The molecule has 0 bridgehead atoms. The van der Waals surface area contributed by atoms with Crippen LogP contribution in [0.25, 0.3) is 0 Å². The number of rotatable bonds is 5. The minimum atomic E-state index is -3.48. The molecular weight excluding hydrogens is 398 g/mol. The van der Waals surface area contributed by atoms with E-state index in [1.165, 1.54) is 22.7 Å². The summed E-state index contributed by atoms with van der Waals surface area (Å²) in [6.07, 6.45) is 5.86. The molecule has 0 unspecified atom stereocenters. The summed E-state index contributed by atoms with van der Waals surface area (Å²) in [6.45, 7) is 2.26. The van der Waals surface area contributed by atoms with Crippen molar-refractivity contribution in [1.29, 1.82) is 0 Å². The number of imidazole rings is 1. The lowest BCUT2D eigenvalue weighted by Gasteiger charge is -2.45. The predicted molar refractivity (Wildman–Crippen MR) is 104 cm³/mol. The van der Waals surface area contributed by atoms with Crippen LogP contribution in [0.3, 0.4) is 0 Å². The Kier molecular flexibility index (Phi) is 5.68. The zero-order valence-electron chi connectivity index (χ0n) is 16.9. The molecule has 10 nitrogen and oxygen atoms in total. The van der Waals surface area contributed by atoms with Crippen molar-refractivity contribution in [2.45, 2.75) is 50.0 Å². The van der Waals surface area contributed by atoms with Crippen molar-refractivity contribution in [3.05, 3.63) is 18.2 Å². The van der Waals surface area contributed by atoms with Crippen LogP contribution in [-0.4, -0.2) is 85.0 Å². The van der Waals surface area contributed by atoms with E-state index in [-0.39, 0.29) is 12.0 Å². The van der Waals surface area contributed by atoms with Crippen LogP contribution in [0, 0.1) is 0 Å². The third-order valence-electron chi connectivity index (χ3n) is 5.99. The Morgan fingerprint density at radius 3 is 2.79 bits per heavy atom. The van der Waals surface area contributed by atoms with Crippen molar-refractivity contribution in [3.63, 3.8) is 0 Å². The lowest BCUT2D eigenvalue weighted by Crippen LogP contribution is -2.56. The molecule has 29 heavy (non-hydrogen) atoms. The number of carbonyl (C=O) groups excluding carboxylic acids is 1. The smallest absolute Gasteiger partial charge is 0.281 e. The topological polar surface area (TPSA) is 106 Å². The first-order valence-corrected chi connectivity index (χ1v) is 11.5. The molecular formula is C18H29N5O5S. The fourth-order valence-corrected chi connectivity index (χ4v) is 5.42. The van der Waals surface area contributed by atoms with Crippen molar-refractivity contribution in [2.75, 3.05) is 40.3 Å². The molecule has 4 heterocycles. The van der Waals surface area contributed by atoms with Crippen LogP contribution in [0.15, 0.2) is 12.4 Å². The minimum Gasteiger partial charge on any atom is -0.376 e. The van der Waals surface area contributed by atoms with E-state index in [1.54, 1.807) is 6.20 Å². The van der Waals surface area contributed by atoms with Gasteiger partial charge in [-0.25, -0.2) is 4.98 Å². The number of ether oxygens (including phenoxy) is 2. The summed E-state index contributed by atoms with van der Waals surface area (Å²) >= 11 is 0. The van der Waals surface area contributed by atoms with Crippen molar-refractivity contribution < 1.29 is 22.7 Å². The molecule has 11 heteroatoms. The molecule has 0 aliphatic carbocycles. The van der Waals surface area contributed by atoms with Gasteiger partial charge in [0, 0.05) is 52.7 Å². The van der Waals surface area contributed by atoms with Gasteiger partial charge in [0.25, 0.3) is 16.1 Å². The van der Waals surface area contributed by atoms with Crippen molar-refractivity contribution in [2.24, 2.45) is 0 Å². The average Bonchev–Trinajstić information content (AvgIpc) is 3.38. The molecule has 0 radical (unpaired) electrons. The van der Waals surface area contributed by atoms with E-state index in [9.17, 15) is 13.2 Å². The van der Waals surface area contributed by atoms with E-state index in [2.05, 4.69) is 10.3 Å². The maximum atomic E-state index is 12.8. The summed E-state index contributed by atoms with van der Waals surface area (Å²) in [7, 11) is -0.425. The van der Waals surface area contributed by atoms with E-state index < -0.39 is 21.9 Å². The Hall–Kier alpha value is -1.53. The molecule has 2 fully saturated rings. The van der Waals surface area contributed by atoms with Gasteiger partial charge in [-0.3, -0.25) is 4.79 Å². The van der Waals surface area contributed by atoms with Gasteiger partial charge in [-0.15, -0.1) is 0 Å². The highest BCUT2D eigenvalue weighted by molar-refractivity contribution is 7.86. The van der Waals surface area contributed by atoms with Crippen LogP contribution < -0.4 is 5.32 Å². The van der Waals surface area contributed by atoms with Gasteiger partial charge in [0.05, 0.1) is 12.6 Å². The average molecular weight is 428 g/mol. The summed E-state index contributed by atoms with van der Waals surface area (Å²) in [5.74, 6) is 0.602. The van der Waals surface area contributed by atoms with Gasteiger partial charge in [0.1, 0.15) is 11.4 Å². The van der Waals surface area contributed by atoms with Crippen molar-refractivity contribution in [1.82, 2.24) is 23.5 Å². The molecule has 1 N–H and O–H groups in total.